The van der Waals surface area contributed by atoms with Gasteiger partial charge in [-0.05, 0) is 6.42 Å². The van der Waals surface area contributed by atoms with E-state index in [0.29, 0.717) is 18.0 Å². The molecular weight excluding hydrogens is 162 g/mol. The quantitative estimate of drug-likeness (QED) is 0.681. The molecule has 0 saturated heterocycles. The van der Waals surface area contributed by atoms with Crippen LogP contribution in [0.4, 0.5) is 0 Å². The topological polar surface area (TPSA) is 29.1 Å². The third-order valence-corrected chi connectivity index (χ3v) is 1.37. The van der Waals surface area contributed by atoms with E-state index in [0.717, 1.165) is 12.8 Å². The van der Waals surface area contributed by atoms with Crippen molar-refractivity contribution in [1.82, 2.24) is 5.32 Å². The molecule has 0 bridgehead atoms. The molecule has 0 aliphatic carbocycles. The van der Waals surface area contributed by atoms with E-state index in [4.69, 9.17) is 11.6 Å². The summed E-state index contributed by atoms with van der Waals surface area (Å²) < 4.78 is 0. The van der Waals surface area contributed by atoms with Crippen molar-refractivity contribution in [3.05, 3.63) is 11.6 Å². The largest absolute Gasteiger partial charge is 0.351 e. The van der Waals surface area contributed by atoms with Gasteiger partial charge in [0, 0.05) is 11.5 Å². The van der Waals surface area contributed by atoms with Crippen molar-refractivity contribution >= 4 is 17.5 Å². The Morgan fingerprint density at radius 2 is 2.27 bits per heavy atom. The zero-order valence-electron chi connectivity index (χ0n) is 6.82. The Morgan fingerprint density at radius 3 is 2.73 bits per heavy atom. The highest BCUT2D eigenvalue weighted by molar-refractivity contribution is 6.29. The summed E-state index contributed by atoms with van der Waals surface area (Å²) >= 11 is 5.45. The Labute approximate surface area is 72.6 Å². The standard InChI is InChI=1S/C8H14ClNO/c1-3-4-5-8(11)10-6-7(2)9/h2-6H2,1H3,(H,10,11). The monoisotopic (exact) mass is 175 g/mol. The molecule has 0 radical (unpaired) electrons. The first-order chi connectivity index (χ1) is 5.16. The van der Waals surface area contributed by atoms with Gasteiger partial charge in [-0.3, -0.25) is 4.79 Å². The second-order valence-electron chi connectivity index (χ2n) is 2.40. The number of nitrogens with one attached hydrogen (secondary N) is 1. The predicted octanol–water partition coefficient (Wildman–Crippen LogP) is 2.05. The minimum atomic E-state index is 0.0497. The number of carbonyl (C=O) groups excluding carboxylic acids is 1. The molecule has 0 aromatic heterocycles. The lowest BCUT2D eigenvalue weighted by molar-refractivity contribution is -0.121. The van der Waals surface area contributed by atoms with E-state index < -0.39 is 0 Å². The van der Waals surface area contributed by atoms with Crippen LogP contribution >= 0.6 is 11.6 Å². The Hall–Kier alpha value is -0.500. The molecule has 0 rings (SSSR count). The molecule has 1 N–H and O–H groups in total. The van der Waals surface area contributed by atoms with Gasteiger partial charge >= 0.3 is 0 Å². The summed E-state index contributed by atoms with van der Waals surface area (Å²) in [6, 6.07) is 0. The third-order valence-electron chi connectivity index (χ3n) is 1.23. The molecular formula is C8H14ClNO. The van der Waals surface area contributed by atoms with E-state index in [1.807, 2.05) is 6.92 Å². The van der Waals surface area contributed by atoms with Gasteiger partial charge in [0.1, 0.15) is 0 Å². The van der Waals surface area contributed by atoms with Crippen LogP contribution in [-0.4, -0.2) is 12.5 Å². The highest BCUT2D eigenvalue weighted by Crippen LogP contribution is 1.95. The van der Waals surface area contributed by atoms with Crippen molar-refractivity contribution in [2.45, 2.75) is 26.2 Å². The fourth-order valence-corrected chi connectivity index (χ4v) is 0.687. The molecule has 0 atom stereocenters. The maximum Gasteiger partial charge on any atom is 0.220 e. The van der Waals surface area contributed by atoms with Gasteiger partial charge in [-0.1, -0.05) is 31.5 Å². The minimum Gasteiger partial charge on any atom is -0.351 e. The van der Waals surface area contributed by atoms with Crippen molar-refractivity contribution in [3.63, 3.8) is 0 Å². The molecule has 3 heteroatoms. The summed E-state index contributed by atoms with van der Waals surface area (Å²) in [6.07, 6.45) is 2.55. The van der Waals surface area contributed by atoms with Gasteiger partial charge in [0.05, 0.1) is 6.54 Å². The Bertz CT molecular complexity index is 145. The lowest BCUT2D eigenvalue weighted by Crippen LogP contribution is -2.23. The number of hydrogen-bond acceptors (Lipinski definition) is 1. The van der Waals surface area contributed by atoms with Gasteiger partial charge in [-0.2, -0.15) is 0 Å². The molecule has 0 spiro atoms. The Balaban J connectivity index is 3.30. The number of unbranched alkanes of at least 4 members (excludes halogenated alkanes) is 1. The van der Waals surface area contributed by atoms with E-state index >= 15 is 0 Å². The molecule has 11 heavy (non-hydrogen) atoms. The van der Waals surface area contributed by atoms with Crippen molar-refractivity contribution in [1.29, 1.82) is 0 Å². The molecule has 0 fully saturated rings. The summed E-state index contributed by atoms with van der Waals surface area (Å²) in [4.78, 5) is 10.9. The van der Waals surface area contributed by atoms with E-state index in [9.17, 15) is 4.79 Å². The van der Waals surface area contributed by atoms with Crippen molar-refractivity contribution in [3.8, 4) is 0 Å². The smallest absolute Gasteiger partial charge is 0.220 e. The number of halogens is 1. The molecule has 0 aromatic carbocycles. The van der Waals surface area contributed by atoms with Crippen LogP contribution in [0, 0.1) is 0 Å². The van der Waals surface area contributed by atoms with Gasteiger partial charge in [0.25, 0.3) is 0 Å². The van der Waals surface area contributed by atoms with Gasteiger partial charge in [0.15, 0.2) is 0 Å². The van der Waals surface area contributed by atoms with Crippen LogP contribution in [-0.2, 0) is 4.79 Å². The second-order valence-corrected chi connectivity index (χ2v) is 2.93. The number of rotatable bonds is 5. The zero-order chi connectivity index (χ0) is 8.69. The summed E-state index contributed by atoms with van der Waals surface area (Å²) in [7, 11) is 0. The van der Waals surface area contributed by atoms with Crippen LogP contribution in [0.25, 0.3) is 0 Å². The number of carbonyl (C=O) groups is 1. The third kappa shape index (κ3) is 7.40. The molecule has 0 saturated carbocycles. The van der Waals surface area contributed by atoms with Crippen molar-refractivity contribution in [2.75, 3.05) is 6.54 Å². The van der Waals surface area contributed by atoms with E-state index in [-0.39, 0.29) is 5.91 Å². The second kappa shape index (κ2) is 6.23. The molecule has 64 valence electrons. The first-order valence-corrected chi connectivity index (χ1v) is 4.14. The Morgan fingerprint density at radius 1 is 1.64 bits per heavy atom. The minimum absolute atomic E-state index is 0.0497. The summed E-state index contributed by atoms with van der Waals surface area (Å²) in [5.74, 6) is 0.0497. The highest BCUT2D eigenvalue weighted by atomic mass is 35.5. The average Bonchev–Trinajstić information content (AvgIpc) is 1.97. The SMILES string of the molecule is C=C(Cl)CNC(=O)CCCC. The zero-order valence-corrected chi connectivity index (χ0v) is 7.58. The van der Waals surface area contributed by atoms with Crippen LogP contribution in [0.5, 0.6) is 0 Å². The Kier molecular flexibility index (Phi) is 5.94. The van der Waals surface area contributed by atoms with Crippen molar-refractivity contribution < 1.29 is 4.79 Å². The number of hydrogen-bond donors (Lipinski definition) is 1. The van der Waals surface area contributed by atoms with Crippen LogP contribution in [0.3, 0.4) is 0 Å². The van der Waals surface area contributed by atoms with E-state index in [2.05, 4.69) is 11.9 Å². The molecule has 0 aliphatic heterocycles. The van der Waals surface area contributed by atoms with Crippen LogP contribution in [0.2, 0.25) is 0 Å². The summed E-state index contributed by atoms with van der Waals surface area (Å²) in [5.41, 5.74) is 0. The average molecular weight is 176 g/mol. The van der Waals surface area contributed by atoms with Gasteiger partial charge in [-0.15, -0.1) is 0 Å². The summed E-state index contributed by atoms with van der Waals surface area (Å²) in [6.45, 7) is 5.89. The fourth-order valence-electron chi connectivity index (χ4n) is 0.620. The number of amides is 1. The summed E-state index contributed by atoms with van der Waals surface area (Å²) in [5, 5.41) is 3.11. The normalized spacial score (nSPS) is 9.27. The maximum atomic E-state index is 10.9. The molecule has 2 nitrogen and oxygen atoms in total. The highest BCUT2D eigenvalue weighted by Gasteiger charge is 1.98. The lowest BCUT2D eigenvalue weighted by Gasteiger charge is -2.01. The van der Waals surface area contributed by atoms with Crippen molar-refractivity contribution in [2.24, 2.45) is 0 Å². The molecule has 1 amide bonds. The van der Waals surface area contributed by atoms with E-state index in [1.54, 1.807) is 0 Å². The molecule has 0 heterocycles. The van der Waals surface area contributed by atoms with Crippen LogP contribution in [0.15, 0.2) is 11.6 Å². The van der Waals surface area contributed by atoms with Crippen LogP contribution in [0.1, 0.15) is 26.2 Å². The van der Waals surface area contributed by atoms with Gasteiger partial charge in [-0.25, -0.2) is 0 Å². The fraction of sp³-hybridized carbons (Fsp3) is 0.625. The van der Waals surface area contributed by atoms with E-state index in [1.165, 1.54) is 0 Å². The maximum absolute atomic E-state index is 10.9. The molecule has 0 aromatic rings. The molecule has 0 unspecified atom stereocenters. The lowest BCUT2D eigenvalue weighted by atomic mass is 10.2. The molecule has 0 aliphatic rings. The first kappa shape index (κ1) is 10.5. The van der Waals surface area contributed by atoms with Crippen LogP contribution < -0.4 is 5.32 Å². The first-order valence-electron chi connectivity index (χ1n) is 3.76. The predicted molar refractivity (Wildman–Crippen MR) is 47.5 cm³/mol. The van der Waals surface area contributed by atoms with Gasteiger partial charge in [0.2, 0.25) is 5.91 Å². The van der Waals surface area contributed by atoms with Gasteiger partial charge < -0.3 is 5.32 Å².